The van der Waals surface area contributed by atoms with E-state index in [9.17, 15) is 14.0 Å². The summed E-state index contributed by atoms with van der Waals surface area (Å²) in [5, 5.41) is 29.0. The Morgan fingerprint density at radius 2 is 1.89 bits per heavy atom. The highest BCUT2D eigenvalue weighted by Crippen LogP contribution is 2.36. The molecule has 3 rings (SSSR count). The second-order valence-electron chi connectivity index (χ2n) is 8.08. The van der Waals surface area contributed by atoms with E-state index in [2.05, 4.69) is 26.6 Å². The fourth-order valence-electron chi connectivity index (χ4n) is 3.93. The summed E-state index contributed by atoms with van der Waals surface area (Å²) >= 11 is 5.66. The predicted octanol–water partition coefficient (Wildman–Crippen LogP) is 1.56. The Morgan fingerprint density at radius 3 is 2.57 bits per heavy atom. The van der Waals surface area contributed by atoms with Crippen LogP contribution in [0.3, 0.4) is 0 Å². The molecule has 0 unspecified atom stereocenters. The van der Waals surface area contributed by atoms with Crippen LogP contribution in [-0.2, 0) is 22.6 Å². The minimum absolute atomic E-state index is 0.0913. The third kappa shape index (κ3) is 6.82. The summed E-state index contributed by atoms with van der Waals surface area (Å²) in [6.45, 7) is 3.24. The molecule has 186 valence electrons. The van der Waals surface area contributed by atoms with Crippen molar-refractivity contribution in [2.45, 2.75) is 25.9 Å². The minimum Gasteiger partial charge on any atom is -0.370 e. The van der Waals surface area contributed by atoms with Gasteiger partial charge < -0.3 is 32.3 Å². The molecule has 0 bridgehead atoms. The van der Waals surface area contributed by atoms with E-state index in [0.29, 0.717) is 26.1 Å². The van der Waals surface area contributed by atoms with Crippen LogP contribution in [0.4, 0.5) is 10.1 Å². The first-order valence-electron chi connectivity index (χ1n) is 11.0. The summed E-state index contributed by atoms with van der Waals surface area (Å²) in [7, 11) is 0. The monoisotopic (exact) mass is 502 g/mol. The summed E-state index contributed by atoms with van der Waals surface area (Å²) in [5.41, 5.74) is 8.24. The van der Waals surface area contributed by atoms with Gasteiger partial charge in [0.15, 0.2) is 11.9 Å². The lowest BCUT2D eigenvalue weighted by Crippen LogP contribution is -2.44. The molecule has 2 aromatic carbocycles. The van der Waals surface area contributed by atoms with Crippen molar-refractivity contribution in [3.63, 3.8) is 0 Å². The molecule has 1 aliphatic carbocycles. The Hall–Kier alpha value is -3.86. The van der Waals surface area contributed by atoms with Crippen molar-refractivity contribution in [1.29, 1.82) is 10.8 Å². The van der Waals surface area contributed by atoms with Crippen LogP contribution in [0.25, 0.3) is 0 Å². The van der Waals surface area contributed by atoms with Gasteiger partial charge in [0.05, 0.1) is 11.1 Å². The van der Waals surface area contributed by atoms with Crippen molar-refractivity contribution in [3.8, 4) is 0 Å². The molecule has 0 aliphatic heterocycles. The predicted molar refractivity (Wildman–Crippen MR) is 133 cm³/mol. The molecule has 12 heteroatoms. The van der Waals surface area contributed by atoms with Crippen LogP contribution >= 0.6 is 11.6 Å². The normalized spacial score (nSPS) is 16.1. The minimum atomic E-state index is -0.936. The van der Waals surface area contributed by atoms with E-state index >= 15 is 0 Å². The Bertz CT molecular complexity index is 1140. The van der Waals surface area contributed by atoms with E-state index in [1.165, 1.54) is 12.1 Å². The zero-order valence-electron chi connectivity index (χ0n) is 19.1. The third-order valence-corrected chi connectivity index (χ3v) is 5.85. The number of anilines is 1. The molecule has 0 radical (unpaired) electrons. The van der Waals surface area contributed by atoms with Crippen LogP contribution in [0.1, 0.15) is 29.7 Å². The number of guanidine groups is 2. The molecule has 0 heterocycles. The topological polar surface area (TPSA) is 168 Å². The lowest BCUT2D eigenvalue weighted by Gasteiger charge is -2.23. The SMILES string of the molecule is CCNC(=N)NC[C@H]1Cc2cc(CNC(=N)N)ccc2[C@@H]1NC(=O)C(=O)Nc1ccc(Cl)c(F)c1. The highest BCUT2D eigenvalue weighted by molar-refractivity contribution is 6.39. The van der Waals surface area contributed by atoms with Crippen LogP contribution < -0.4 is 32.3 Å². The van der Waals surface area contributed by atoms with Crippen LogP contribution in [0.15, 0.2) is 36.4 Å². The number of carbonyl (C=O) groups is 2. The maximum absolute atomic E-state index is 13.7. The van der Waals surface area contributed by atoms with Gasteiger partial charge in [0.1, 0.15) is 5.82 Å². The molecule has 35 heavy (non-hydrogen) atoms. The van der Waals surface area contributed by atoms with Crippen LogP contribution in [0.5, 0.6) is 0 Å². The lowest BCUT2D eigenvalue weighted by molar-refractivity contribution is -0.136. The van der Waals surface area contributed by atoms with Crippen LogP contribution in [0, 0.1) is 22.6 Å². The van der Waals surface area contributed by atoms with Crippen molar-refractivity contribution in [2.75, 3.05) is 18.4 Å². The second-order valence-corrected chi connectivity index (χ2v) is 8.49. The number of nitrogens with one attached hydrogen (secondary N) is 7. The van der Waals surface area contributed by atoms with Crippen LogP contribution in [-0.4, -0.2) is 36.8 Å². The Kier molecular flexibility index (Phi) is 8.48. The number of hydrogen-bond donors (Lipinski definition) is 8. The highest BCUT2D eigenvalue weighted by atomic mass is 35.5. The summed E-state index contributed by atoms with van der Waals surface area (Å²) in [6, 6.07) is 8.95. The van der Waals surface area contributed by atoms with Crippen molar-refractivity contribution in [3.05, 3.63) is 63.9 Å². The van der Waals surface area contributed by atoms with Crippen molar-refractivity contribution >= 4 is 41.0 Å². The van der Waals surface area contributed by atoms with Gasteiger partial charge in [-0.1, -0.05) is 29.8 Å². The summed E-state index contributed by atoms with van der Waals surface area (Å²) < 4.78 is 13.7. The molecular weight excluding hydrogens is 475 g/mol. The molecule has 0 fully saturated rings. The number of halogens is 2. The summed E-state index contributed by atoms with van der Waals surface area (Å²) in [6.07, 6.45) is 0.602. The van der Waals surface area contributed by atoms with Gasteiger partial charge in [-0.05, 0) is 48.2 Å². The molecular formula is C23H28ClFN8O2. The molecule has 0 aromatic heterocycles. The van der Waals surface area contributed by atoms with Gasteiger partial charge in [0.2, 0.25) is 0 Å². The number of fused-ring (bicyclic) bond motifs is 1. The largest absolute Gasteiger partial charge is 0.370 e. The van der Waals surface area contributed by atoms with Gasteiger partial charge in [-0.25, -0.2) is 4.39 Å². The van der Waals surface area contributed by atoms with E-state index in [-0.39, 0.29) is 28.5 Å². The fourth-order valence-corrected chi connectivity index (χ4v) is 4.04. The zero-order valence-corrected chi connectivity index (χ0v) is 19.9. The lowest BCUT2D eigenvalue weighted by atomic mass is 10.00. The van der Waals surface area contributed by atoms with E-state index < -0.39 is 23.7 Å². The number of benzene rings is 2. The summed E-state index contributed by atoms with van der Waals surface area (Å²) in [4.78, 5) is 25.2. The average Bonchev–Trinajstić information content (AvgIpc) is 3.15. The number of rotatable bonds is 7. The van der Waals surface area contributed by atoms with E-state index in [4.69, 9.17) is 28.2 Å². The molecule has 10 nitrogen and oxygen atoms in total. The number of amides is 2. The Balaban J connectivity index is 1.75. The molecule has 2 atom stereocenters. The highest BCUT2D eigenvalue weighted by Gasteiger charge is 2.35. The van der Waals surface area contributed by atoms with Crippen molar-refractivity contribution < 1.29 is 14.0 Å². The smallest absolute Gasteiger partial charge is 0.313 e. The van der Waals surface area contributed by atoms with Gasteiger partial charge in [-0.3, -0.25) is 20.4 Å². The number of carbonyl (C=O) groups excluding carboxylic acids is 2. The van der Waals surface area contributed by atoms with Crippen LogP contribution in [0.2, 0.25) is 5.02 Å². The van der Waals surface area contributed by atoms with Gasteiger partial charge in [0.25, 0.3) is 0 Å². The number of nitrogens with two attached hydrogens (primary N) is 1. The average molecular weight is 503 g/mol. The molecule has 0 spiro atoms. The molecule has 1 aliphatic rings. The Labute approximate surface area is 207 Å². The molecule has 0 saturated heterocycles. The fraction of sp³-hybridized carbons (Fsp3) is 0.304. The molecule has 2 aromatic rings. The quantitative estimate of drug-likeness (QED) is 0.162. The maximum Gasteiger partial charge on any atom is 0.313 e. The Morgan fingerprint density at radius 1 is 1.11 bits per heavy atom. The van der Waals surface area contributed by atoms with Gasteiger partial charge in [-0.15, -0.1) is 0 Å². The summed E-state index contributed by atoms with van der Waals surface area (Å²) in [5.74, 6) is -2.61. The standard InChI is InChI=1S/C23H28ClFN8O2/c1-2-29-23(28)31-11-14-8-13-7-12(10-30-22(26)27)3-5-16(13)19(14)33-21(35)20(34)32-15-4-6-17(24)18(25)9-15/h3-7,9,14,19H,2,8,10-11H2,1H3,(H,32,34)(H,33,35)(H4,26,27,30)(H3,28,29,31)/t14-,19-/m1/s1. The molecule has 0 saturated carbocycles. The van der Waals surface area contributed by atoms with Crippen molar-refractivity contribution in [2.24, 2.45) is 11.7 Å². The first-order valence-corrected chi connectivity index (χ1v) is 11.4. The van der Waals surface area contributed by atoms with Gasteiger partial charge in [-0.2, -0.15) is 0 Å². The number of hydrogen-bond acceptors (Lipinski definition) is 4. The molecule has 9 N–H and O–H groups in total. The van der Waals surface area contributed by atoms with E-state index in [0.717, 1.165) is 22.8 Å². The maximum atomic E-state index is 13.7. The molecule has 2 amide bonds. The van der Waals surface area contributed by atoms with Gasteiger partial charge in [0, 0.05) is 31.2 Å². The van der Waals surface area contributed by atoms with E-state index in [1.54, 1.807) is 0 Å². The van der Waals surface area contributed by atoms with E-state index in [1.807, 2.05) is 25.1 Å². The third-order valence-electron chi connectivity index (χ3n) is 5.54. The van der Waals surface area contributed by atoms with Crippen molar-refractivity contribution in [1.82, 2.24) is 21.3 Å². The first kappa shape index (κ1) is 25.8. The second kappa shape index (κ2) is 11.5. The zero-order chi connectivity index (χ0) is 25.5. The first-order chi connectivity index (χ1) is 16.7. The van der Waals surface area contributed by atoms with Gasteiger partial charge >= 0.3 is 11.8 Å².